The number of hydrogen-bond acceptors (Lipinski definition) is 4. The van der Waals surface area contributed by atoms with Crippen LogP contribution in [0.4, 0.5) is 4.39 Å². The minimum absolute atomic E-state index is 0.222. The number of sulfonamides is 1. The highest BCUT2D eigenvalue weighted by molar-refractivity contribution is 7.92. The van der Waals surface area contributed by atoms with Gasteiger partial charge in [0.1, 0.15) is 0 Å². The third-order valence-electron chi connectivity index (χ3n) is 4.55. The Morgan fingerprint density at radius 1 is 1.07 bits per heavy atom. The molecule has 0 atom stereocenters. The monoisotopic (exact) mass is 390 g/mol. The topological polar surface area (TPSA) is 49.9 Å². The SMILES string of the molecule is COc1ccc(CN2CCN(S(=O)(=O)/C=C/c3ccccc3)CC2)cc1F. The Balaban J connectivity index is 1.56. The highest BCUT2D eigenvalue weighted by Crippen LogP contribution is 2.19. The van der Waals surface area contributed by atoms with Crippen LogP contribution in [0.1, 0.15) is 11.1 Å². The van der Waals surface area contributed by atoms with Gasteiger partial charge in [-0.2, -0.15) is 4.31 Å². The van der Waals surface area contributed by atoms with Crippen LogP contribution in [-0.2, 0) is 16.6 Å². The van der Waals surface area contributed by atoms with Gasteiger partial charge in [0.05, 0.1) is 7.11 Å². The number of hydrogen-bond donors (Lipinski definition) is 0. The van der Waals surface area contributed by atoms with Gasteiger partial charge in [0.25, 0.3) is 0 Å². The van der Waals surface area contributed by atoms with Crippen molar-refractivity contribution in [2.24, 2.45) is 0 Å². The maximum Gasteiger partial charge on any atom is 0.236 e. The van der Waals surface area contributed by atoms with E-state index in [4.69, 9.17) is 4.74 Å². The Bertz CT molecular complexity index is 893. The molecule has 27 heavy (non-hydrogen) atoms. The molecular formula is C20H23FN2O3S. The minimum Gasteiger partial charge on any atom is -0.494 e. The van der Waals surface area contributed by atoms with Gasteiger partial charge in [-0.05, 0) is 29.3 Å². The molecule has 3 rings (SSSR count). The molecule has 0 aliphatic carbocycles. The number of nitrogens with zero attached hydrogens (tertiary/aromatic N) is 2. The number of halogens is 1. The molecule has 5 nitrogen and oxygen atoms in total. The number of ether oxygens (including phenoxy) is 1. The summed E-state index contributed by atoms with van der Waals surface area (Å²) in [5.41, 5.74) is 1.69. The number of methoxy groups -OCH3 is 1. The molecule has 0 saturated carbocycles. The summed E-state index contributed by atoms with van der Waals surface area (Å²) >= 11 is 0. The van der Waals surface area contributed by atoms with E-state index in [1.54, 1.807) is 12.1 Å². The van der Waals surface area contributed by atoms with E-state index in [1.165, 1.54) is 22.9 Å². The van der Waals surface area contributed by atoms with Crippen molar-refractivity contribution in [3.05, 3.63) is 70.9 Å². The van der Waals surface area contributed by atoms with Gasteiger partial charge in [-0.1, -0.05) is 36.4 Å². The third-order valence-corrected chi connectivity index (χ3v) is 6.11. The van der Waals surface area contributed by atoms with Crippen molar-refractivity contribution in [3.63, 3.8) is 0 Å². The molecule has 1 heterocycles. The molecule has 0 aromatic heterocycles. The Morgan fingerprint density at radius 2 is 1.78 bits per heavy atom. The van der Waals surface area contributed by atoms with Gasteiger partial charge in [0, 0.05) is 38.1 Å². The fraction of sp³-hybridized carbons (Fsp3) is 0.300. The molecule has 0 spiro atoms. The quantitative estimate of drug-likeness (QED) is 0.761. The van der Waals surface area contributed by atoms with Crippen LogP contribution in [0, 0.1) is 5.82 Å². The molecule has 0 amide bonds. The van der Waals surface area contributed by atoms with Crippen LogP contribution in [0.15, 0.2) is 53.9 Å². The van der Waals surface area contributed by atoms with Crippen LogP contribution >= 0.6 is 0 Å². The van der Waals surface area contributed by atoms with Gasteiger partial charge in [-0.25, -0.2) is 12.8 Å². The molecule has 1 aliphatic heterocycles. The van der Waals surface area contributed by atoms with Crippen molar-refractivity contribution in [2.45, 2.75) is 6.54 Å². The molecular weight excluding hydrogens is 367 g/mol. The zero-order valence-electron chi connectivity index (χ0n) is 15.2. The van der Waals surface area contributed by atoms with Gasteiger partial charge in [0.15, 0.2) is 11.6 Å². The van der Waals surface area contributed by atoms with E-state index in [2.05, 4.69) is 4.90 Å². The van der Waals surface area contributed by atoms with Crippen LogP contribution in [0.25, 0.3) is 6.08 Å². The lowest BCUT2D eigenvalue weighted by atomic mass is 10.2. The first-order valence-electron chi connectivity index (χ1n) is 8.76. The standard InChI is InChI=1S/C20H23FN2O3S/c1-26-20-8-7-18(15-19(20)21)16-22-10-12-23(13-11-22)27(24,25)14-9-17-5-3-2-4-6-17/h2-9,14-15H,10-13,16H2,1H3/b14-9+. The predicted molar refractivity (Wildman–Crippen MR) is 104 cm³/mol. The molecule has 1 saturated heterocycles. The molecule has 0 N–H and O–H groups in total. The van der Waals surface area contributed by atoms with Crippen molar-refractivity contribution in [3.8, 4) is 5.75 Å². The average Bonchev–Trinajstić information content (AvgIpc) is 2.68. The molecule has 1 fully saturated rings. The summed E-state index contributed by atoms with van der Waals surface area (Å²) in [4.78, 5) is 2.12. The Labute approximate surface area is 159 Å². The summed E-state index contributed by atoms with van der Waals surface area (Å²) in [5.74, 6) is -0.165. The van der Waals surface area contributed by atoms with Gasteiger partial charge >= 0.3 is 0 Å². The largest absolute Gasteiger partial charge is 0.494 e. The molecule has 1 aliphatic rings. The van der Waals surface area contributed by atoms with Gasteiger partial charge in [-0.3, -0.25) is 4.90 Å². The van der Waals surface area contributed by atoms with Crippen LogP contribution in [0.2, 0.25) is 0 Å². The average molecular weight is 390 g/mol. The summed E-state index contributed by atoms with van der Waals surface area (Å²) in [6.45, 7) is 2.62. The van der Waals surface area contributed by atoms with E-state index in [-0.39, 0.29) is 11.6 Å². The van der Waals surface area contributed by atoms with E-state index < -0.39 is 10.0 Å². The van der Waals surface area contributed by atoms with Crippen LogP contribution in [-0.4, -0.2) is 50.9 Å². The van der Waals surface area contributed by atoms with E-state index in [1.807, 2.05) is 36.4 Å². The Kier molecular flexibility index (Phi) is 6.26. The van der Waals surface area contributed by atoms with Gasteiger partial charge in [0.2, 0.25) is 10.0 Å². The van der Waals surface area contributed by atoms with Crippen LogP contribution < -0.4 is 4.74 Å². The second-order valence-corrected chi connectivity index (χ2v) is 8.22. The van der Waals surface area contributed by atoms with E-state index >= 15 is 0 Å². The first-order valence-corrected chi connectivity index (χ1v) is 10.3. The van der Waals surface area contributed by atoms with Crippen molar-refractivity contribution >= 4 is 16.1 Å². The van der Waals surface area contributed by atoms with E-state index in [0.717, 1.165) is 11.1 Å². The summed E-state index contributed by atoms with van der Waals surface area (Å²) < 4.78 is 45.2. The molecule has 0 unspecified atom stereocenters. The molecule has 7 heteroatoms. The maximum absolute atomic E-state index is 13.8. The molecule has 0 bridgehead atoms. The van der Waals surface area contributed by atoms with Crippen LogP contribution in [0.5, 0.6) is 5.75 Å². The van der Waals surface area contributed by atoms with Gasteiger partial charge in [-0.15, -0.1) is 0 Å². The first kappa shape index (κ1) is 19.5. The highest BCUT2D eigenvalue weighted by Gasteiger charge is 2.25. The van der Waals surface area contributed by atoms with Crippen molar-refractivity contribution in [1.82, 2.24) is 9.21 Å². The lowest BCUT2D eigenvalue weighted by molar-refractivity contribution is 0.182. The summed E-state index contributed by atoms with van der Waals surface area (Å²) in [7, 11) is -2.01. The van der Waals surface area contributed by atoms with Crippen molar-refractivity contribution < 1.29 is 17.5 Å². The van der Waals surface area contributed by atoms with E-state index in [0.29, 0.717) is 32.7 Å². The molecule has 0 radical (unpaired) electrons. The Morgan fingerprint density at radius 3 is 2.41 bits per heavy atom. The van der Waals surface area contributed by atoms with E-state index in [9.17, 15) is 12.8 Å². The smallest absolute Gasteiger partial charge is 0.236 e. The number of piperazine rings is 1. The highest BCUT2D eigenvalue weighted by atomic mass is 32.2. The van der Waals surface area contributed by atoms with Crippen molar-refractivity contribution in [2.75, 3.05) is 33.3 Å². The lowest BCUT2D eigenvalue weighted by Gasteiger charge is -2.33. The third kappa shape index (κ3) is 5.15. The minimum atomic E-state index is -3.44. The summed E-state index contributed by atoms with van der Waals surface area (Å²) in [6.07, 6.45) is 1.61. The Hall–Kier alpha value is -2.22. The van der Waals surface area contributed by atoms with Crippen LogP contribution in [0.3, 0.4) is 0 Å². The van der Waals surface area contributed by atoms with Gasteiger partial charge < -0.3 is 4.74 Å². The predicted octanol–water partition coefficient (Wildman–Crippen LogP) is 2.95. The second-order valence-electron chi connectivity index (χ2n) is 6.40. The second kappa shape index (κ2) is 8.65. The number of benzene rings is 2. The first-order chi connectivity index (χ1) is 13.0. The summed E-state index contributed by atoms with van der Waals surface area (Å²) in [6, 6.07) is 14.2. The lowest BCUT2D eigenvalue weighted by Crippen LogP contribution is -2.47. The van der Waals surface area contributed by atoms with Crippen molar-refractivity contribution in [1.29, 1.82) is 0 Å². The zero-order valence-corrected chi connectivity index (χ0v) is 16.0. The molecule has 2 aromatic carbocycles. The molecule has 144 valence electrons. The summed E-state index contributed by atoms with van der Waals surface area (Å²) in [5, 5.41) is 1.26. The zero-order chi connectivity index (χ0) is 19.3. The maximum atomic E-state index is 13.8. The normalized spacial score (nSPS) is 16.7. The fourth-order valence-corrected chi connectivity index (χ4v) is 4.20. The number of rotatable bonds is 6. The fourth-order valence-electron chi connectivity index (χ4n) is 3.02. The molecule has 2 aromatic rings.